The van der Waals surface area contributed by atoms with Crippen LogP contribution in [-0.2, 0) is 14.3 Å². The van der Waals surface area contributed by atoms with Crippen LogP contribution in [0, 0.1) is 0 Å². The highest BCUT2D eigenvalue weighted by molar-refractivity contribution is 8.15. The number of amides is 2. The lowest BCUT2D eigenvalue weighted by molar-refractivity contribution is -0.121. The van der Waals surface area contributed by atoms with Gasteiger partial charge in [-0.25, -0.2) is 4.79 Å². The molecule has 0 spiro atoms. The van der Waals surface area contributed by atoms with Crippen LogP contribution in [0.4, 0.5) is 5.69 Å². The van der Waals surface area contributed by atoms with Gasteiger partial charge in [0.15, 0.2) is 17.6 Å². The van der Waals surface area contributed by atoms with Gasteiger partial charge < -0.3 is 15.0 Å². The third-order valence-electron chi connectivity index (χ3n) is 5.56. The van der Waals surface area contributed by atoms with Gasteiger partial charge in [0.05, 0.1) is 5.56 Å². The number of esters is 1. The highest BCUT2D eigenvalue weighted by atomic mass is 32.2. The Labute approximate surface area is 201 Å². The van der Waals surface area contributed by atoms with Crippen LogP contribution in [0.15, 0.2) is 59.6 Å². The number of nitrogens with one attached hydrogen (secondary N) is 1. The van der Waals surface area contributed by atoms with Crippen molar-refractivity contribution in [3.05, 3.63) is 65.7 Å². The topological polar surface area (TPSA) is 105 Å². The number of ketones is 1. The number of carbonyl (C=O) groups excluding carboxylic acids is 4. The highest BCUT2D eigenvalue weighted by Gasteiger charge is 2.33. The van der Waals surface area contributed by atoms with Crippen molar-refractivity contribution in [1.29, 1.82) is 0 Å². The second-order valence-electron chi connectivity index (χ2n) is 8.08. The summed E-state index contributed by atoms with van der Waals surface area (Å²) < 4.78 is 5.09. The van der Waals surface area contributed by atoms with Gasteiger partial charge in [0.25, 0.3) is 5.91 Å². The highest BCUT2D eigenvalue weighted by Crippen LogP contribution is 2.29. The first-order chi connectivity index (χ1) is 16.5. The minimum atomic E-state index is -0.627. The maximum absolute atomic E-state index is 12.5. The Morgan fingerprint density at radius 1 is 0.971 bits per heavy atom. The summed E-state index contributed by atoms with van der Waals surface area (Å²) in [6.07, 6.45) is 3.39. The molecule has 0 unspecified atom stereocenters. The number of likely N-dealkylation sites (tertiary alicyclic amines) is 1. The zero-order valence-corrected chi connectivity index (χ0v) is 19.4. The zero-order chi connectivity index (χ0) is 23.9. The van der Waals surface area contributed by atoms with E-state index < -0.39 is 11.2 Å². The van der Waals surface area contributed by atoms with Crippen LogP contribution in [0.25, 0.3) is 0 Å². The van der Waals surface area contributed by atoms with Gasteiger partial charge in [-0.2, -0.15) is 4.99 Å². The number of rotatable bonds is 7. The Balaban J connectivity index is 1.24. The number of nitrogens with zero attached hydrogens (tertiary/aromatic N) is 2. The lowest BCUT2D eigenvalue weighted by atomic mass is 10.1. The van der Waals surface area contributed by atoms with E-state index in [1.165, 1.54) is 30.3 Å². The quantitative estimate of drug-likeness (QED) is 0.478. The molecule has 2 aromatic carbocycles. The minimum absolute atomic E-state index is 0.0235. The second kappa shape index (κ2) is 11.1. The Bertz CT molecular complexity index is 1100. The average Bonchev–Trinajstić information content (AvgIpc) is 3.23. The van der Waals surface area contributed by atoms with Crippen molar-refractivity contribution >= 4 is 46.2 Å². The van der Waals surface area contributed by atoms with Gasteiger partial charge in [0.2, 0.25) is 5.91 Å². The van der Waals surface area contributed by atoms with Crippen molar-refractivity contribution in [3.63, 3.8) is 0 Å². The normalized spacial score (nSPS) is 17.8. The van der Waals surface area contributed by atoms with E-state index in [1.807, 2.05) is 0 Å². The third kappa shape index (κ3) is 6.11. The SMILES string of the molecule is O=C(C[C@@H]1SC(N2CCCCC2)=NC1=O)Nc1ccc(C(=O)OCC(=O)c2ccccc2)cc1. The predicted octanol–water partition coefficient (Wildman–Crippen LogP) is 3.54. The molecule has 2 aliphatic rings. The number of amidine groups is 1. The number of piperidine rings is 1. The molecule has 8 nitrogen and oxygen atoms in total. The van der Waals surface area contributed by atoms with Crippen LogP contribution in [-0.4, -0.2) is 58.6 Å². The fourth-order valence-electron chi connectivity index (χ4n) is 3.72. The van der Waals surface area contributed by atoms with Gasteiger partial charge in [0, 0.05) is 30.8 Å². The average molecular weight is 480 g/mol. The fourth-order valence-corrected chi connectivity index (χ4v) is 4.84. The molecule has 0 bridgehead atoms. The maximum Gasteiger partial charge on any atom is 0.338 e. The molecule has 1 N–H and O–H groups in total. The van der Waals surface area contributed by atoms with Crippen LogP contribution < -0.4 is 5.32 Å². The van der Waals surface area contributed by atoms with E-state index in [2.05, 4.69) is 15.2 Å². The van der Waals surface area contributed by atoms with Crippen LogP contribution in [0.3, 0.4) is 0 Å². The molecule has 0 aromatic heterocycles. The zero-order valence-electron chi connectivity index (χ0n) is 18.6. The molecule has 0 aliphatic carbocycles. The number of aliphatic imine (C=N–C) groups is 1. The Hall–Kier alpha value is -3.46. The number of thioether (sulfide) groups is 1. The Morgan fingerprint density at radius 2 is 1.68 bits per heavy atom. The Morgan fingerprint density at radius 3 is 2.38 bits per heavy atom. The van der Waals surface area contributed by atoms with Gasteiger partial charge in [0.1, 0.15) is 5.25 Å². The van der Waals surface area contributed by atoms with Crippen LogP contribution in [0.5, 0.6) is 0 Å². The van der Waals surface area contributed by atoms with E-state index >= 15 is 0 Å². The molecule has 34 heavy (non-hydrogen) atoms. The number of benzene rings is 2. The van der Waals surface area contributed by atoms with Crippen molar-refractivity contribution in [2.75, 3.05) is 25.0 Å². The number of carbonyl (C=O) groups is 4. The molecule has 1 saturated heterocycles. The lowest BCUT2D eigenvalue weighted by Crippen LogP contribution is -2.33. The van der Waals surface area contributed by atoms with Crippen LogP contribution in [0.1, 0.15) is 46.4 Å². The molecule has 2 amide bonds. The van der Waals surface area contributed by atoms with E-state index in [0.29, 0.717) is 11.3 Å². The van der Waals surface area contributed by atoms with Gasteiger partial charge in [-0.3, -0.25) is 14.4 Å². The molecule has 0 saturated carbocycles. The molecule has 9 heteroatoms. The molecule has 1 fully saturated rings. The van der Waals surface area contributed by atoms with E-state index in [1.54, 1.807) is 42.5 Å². The maximum atomic E-state index is 12.5. The summed E-state index contributed by atoms with van der Waals surface area (Å²) in [5, 5.41) is 2.94. The first kappa shape index (κ1) is 23.7. The Kier molecular flexibility index (Phi) is 7.74. The van der Waals surface area contributed by atoms with E-state index in [9.17, 15) is 19.2 Å². The van der Waals surface area contributed by atoms with E-state index in [-0.39, 0.29) is 36.2 Å². The number of anilines is 1. The van der Waals surface area contributed by atoms with Crippen molar-refractivity contribution in [2.45, 2.75) is 30.9 Å². The van der Waals surface area contributed by atoms with Crippen molar-refractivity contribution in [3.8, 4) is 0 Å². The van der Waals surface area contributed by atoms with Gasteiger partial charge in [-0.05, 0) is 43.5 Å². The van der Waals surface area contributed by atoms with Gasteiger partial charge in [-0.1, -0.05) is 42.1 Å². The van der Waals surface area contributed by atoms with Crippen molar-refractivity contribution in [1.82, 2.24) is 4.90 Å². The van der Waals surface area contributed by atoms with Crippen molar-refractivity contribution < 1.29 is 23.9 Å². The third-order valence-corrected chi connectivity index (χ3v) is 6.77. The second-order valence-corrected chi connectivity index (χ2v) is 9.25. The van der Waals surface area contributed by atoms with Gasteiger partial charge in [-0.15, -0.1) is 0 Å². The van der Waals surface area contributed by atoms with Crippen molar-refractivity contribution in [2.24, 2.45) is 4.99 Å². The minimum Gasteiger partial charge on any atom is -0.454 e. The van der Waals surface area contributed by atoms with Crippen LogP contribution in [0.2, 0.25) is 0 Å². The fraction of sp³-hybridized carbons (Fsp3) is 0.320. The number of hydrogen-bond acceptors (Lipinski definition) is 7. The first-order valence-electron chi connectivity index (χ1n) is 11.2. The standard InChI is InChI=1S/C25H25N3O5S/c29-20(17-7-3-1-4-8-17)16-33-24(32)18-9-11-19(12-10-18)26-22(30)15-21-23(31)27-25(34-21)28-13-5-2-6-14-28/h1,3-4,7-12,21H,2,5-6,13-16H2,(H,26,30)/t21-/m0/s1. The molecule has 2 aliphatic heterocycles. The monoisotopic (exact) mass is 479 g/mol. The molecular weight excluding hydrogens is 454 g/mol. The molecule has 1 atom stereocenters. The summed E-state index contributed by atoms with van der Waals surface area (Å²) in [6.45, 7) is 1.44. The summed E-state index contributed by atoms with van der Waals surface area (Å²) in [5.41, 5.74) is 1.23. The summed E-state index contributed by atoms with van der Waals surface area (Å²) in [6, 6.07) is 14.8. The molecule has 2 heterocycles. The summed E-state index contributed by atoms with van der Waals surface area (Å²) in [5.74, 6) is -1.49. The molecular formula is C25H25N3O5S. The molecule has 2 aromatic rings. The van der Waals surface area contributed by atoms with Crippen LogP contribution >= 0.6 is 11.8 Å². The predicted molar refractivity (Wildman–Crippen MR) is 130 cm³/mol. The summed E-state index contributed by atoms with van der Waals surface area (Å²) in [4.78, 5) is 55.3. The number of hydrogen-bond donors (Lipinski definition) is 1. The molecule has 176 valence electrons. The first-order valence-corrected chi connectivity index (χ1v) is 12.1. The molecule has 0 radical (unpaired) electrons. The number of ether oxygens (including phenoxy) is 1. The van der Waals surface area contributed by atoms with E-state index in [0.717, 1.165) is 31.1 Å². The molecule has 4 rings (SSSR count). The smallest absolute Gasteiger partial charge is 0.338 e. The lowest BCUT2D eigenvalue weighted by Gasteiger charge is -2.27. The largest absolute Gasteiger partial charge is 0.454 e. The van der Waals surface area contributed by atoms with Gasteiger partial charge >= 0.3 is 5.97 Å². The van der Waals surface area contributed by atoms with E-state index in [4.69, 9.17) is 4.74 Å². The summed E-state index contributed by atoms with van der Waals surface area (Å²) >= 11 is 1.35. The summed E-state index contributed by atoms with van der Waals surface area (Å²) in [7, 11) is 0. The number of Topliss-reactive ketones (excluding diaryl/α,β-unsaturated/α-hetero) is 1.